The van der Waals surface area contributed by atoms with Gasteiger partial charge in [0.25, 0.3) is 0 Å². The van der Waals surface area contributed by atoms with Crippen molar-refractivity contribution < 1.29 is 4.42 Å². The highest BCUT2D eigenvalue weighted by Crippen LogP contribution is 2.37. The van der Waals surface area contributed by atoms with Crippen LogP contribution < -0.4 is 0 Å². The van der Waals surface area contributed by atoms with Gasteiger partial charge in [-0.3, -0.25) is 4.98 Å². The van der Waals surface area contributed by atoms with E-state index in [4.69, 9.17) is 19.4 Å². The van der Waals surface area contributed by atoms with E-state index in [1.807, 2.05) is 30.3 Å². The monoisotopic (exact) mass is 767 g/mol. The van der Waals surface area contributed by atoms with Crippen LogP contribution in [0.2, 0.25) is 0 Å². The van der Waals surface area contributed by atoms with Crippen molar-refractivity contribution in [2.75, 3.05) is 0 Å². The molecule has 0 spiro atoms. The molecule has 0 saturated heterocycles. The Morgan fingerprint density at radius 1 is 0.350 bits per heavy atom. The average molecular weight is 768 g/mol. The average Bonchev–Trinajstić information content (AvgIpc) is 3.87. The highest BCUT2D eigenvalue weighted by molar-refractivity contribution is 6.10. The maximum atomic E-state index is 6.13. The van der Waals surface area contributed by atoms with Gasteiger partial charge >= 0.3 is 0 Å². The summed E-state index contributed by atoms with van der Waals surface area (Å²) >= 11 is 0. The van der Waals surface area contributed by atoms with Crippen LogP contribution in [0.3, 0.4) is 0 Å². The molecule has 12 aromatic rings. The Labute approximate surface area is 344 Å². The predicted molar refractivity (Wildman–Crippen MR) is 244 cm³/mol. The van der Waals surface area contributed by atoms with Gasteiger partial charge in [0.1, 0.15) is 11.1 Å². The van der Waals surface area contributed by atoms with Crippen molar-refractivity contribution in [3.8, 4) is 62.1 Å². The summed E-state index contributed by atoms with van der Waals surface area (Å²) in [4.78, 5) is 20.2. The summed E-state index contributed by atoms with van der Waals surface area (Å²) in [6.07, 6.45) is 1.79. The lowest BCUT2D eigenvalue weighted by molar-refractivity contribution is 0.668. The molecule has 12 rings (SSSR count). The fourth-order valence-electron chi connectivity index (χ4n) is 8.54. The fraction of sp³-hybridized carbons (Fsp3) is 0. The van der Waals surface area contributed by atoms with Gasteiger partial charge in [0, 0.05) is 44.7 Å². The number of benzene rings is 8. The van der Waals surface area contributed by atoms with Gasteiger partial charge in [-0.25, -0.2) is 15.0 Å². The second-order valence-electron chi connectivity index (χ2n) is 15.1. The maximum Gasteiger partial charge on any atom is 0.164 e. The summed E-state index contributed by atoms with van der Waals surface area (Å²) < 4.78 is 8.48. The zero-order chi connectivity index (χ0) is 39.6. The Morgan fingerprint density at radius 2 is 0.933 bits per heavy atom. The standard InChI is InChI=1S/C54H33N5O/c1-3-11-34(12-4-1)36-20-21-38-30-41(23-22-37(38)29-36)53-56-52(57-54(58-53)42-25-27-49-46(32-42)51-50(60-49)19-10-28-55-51)40-15-9-16-43(31-40)59-47-18-8-7-17-44(47)45-26-24-39(33-48(45)59)35-13-5-2-6-14-35/h1-33H. The van der Waals surface area contributed by atoms with E-state index in [1.165, 1.54) is 33.0 Å². The van der Waals surface area contributed by atoms with Crippen LogP contribution in [0.5, 0.6) is 0 Å². The molecule has 280 valence electrons. The number of furan rings is 1. The molecule has 6 heteroatoms. The first-order valence-electron chi connectivity index (χ1n) is 20.0. The number of hydrogen-bond donors (Lipinski definition) is 0. The lowest BCUT2D eigenvalue weighted by atomic mass is 10.00. The van der Waals surface area contributed by atoms with Gasteiger partial charge in [-0.05, 0) is 99.8 Å². The SMILES string of the molecule is c1ccc(-c2ccc3cc(-c4nc(-c5cccc(-n6c7ccccc7c7ccc(-c8ccccc8)cc76)c5)nc(-c5ccc6oc7cccnc7c6c5)n4)ccc3c2)cc1. The summed E-state index contributed by atoms with van der Waals surface area (Å²) in [5.41, 5.74) is 12.9. The van der Waals surface area contributed by atoms with Gasteiger partial charge < -0.3 is 8.98 Å². The van der Waals surface area contributed by atoms with E-state index in [0.29, 0.717) is 17.5 Å². The molecule has 4 aromatic heterocycles. The number of aromatic nitrogens is 5. The van der Waals surface area contributed by atoms with Gasteiger partial charge in [0.2, 0.25) is 0 Å². The zero-order valence-electron chi connectivity index (χ0n) is 32.2. The molecule has 60 heavy (non-hydrogen) atoms. The molecule has 8 aromatic carbocycles. The van der Waals surface area contributed by atoms with Crippen LogP contribution >= 0.6 is 0 Å². The van der Waals surface area contributed by atoms with Crippen LogP contribution in [-0.4, -0.2) is 24.5 Å². The predicted octanol–water partition coefficient (Wildman–Crippen LogP) is 13.8. The molecule has 4 heterocycles. The first kappa shape index (κ1) is 33.9. The number of fused-ring (bicyclic) bond motifs is 7. The molecule has 0 fully saturated rings. The molecule has 0 aliphatic heterocycles. The van der Waals surface area contributed by atoms with Crippen LogP contribution in [0.1, 0.15) is 0 Å². The number of rotatable bonds is 6. The summed E-state index contributed by atoms with van der Waals surface area (Å²) in [6.45, 7) is 0. The third-order valence-electron chi connectivity index (χ3n) is 11.5. The summed E-state index contributed by atoms with van der Waals surface area (Å²) in [7, 11) is 0. The Balaban J connectivity index is 1.03. The molecule has 0 bridgehead atoms. The molecule has 0 saturated carbocycles. The number of hydrogen-bond acceptors (Lipinski definition) is 5. The highest BCUT2D eigenvalue weighted by Gasteiger charge is 2.18. The number of para-hydroxylation sites is 1. The van der Waals surface area contributed by atoms with Crippen molar-refractivity contribution in [2.45, 2.75) is 0 Å². The molecule has 0 amide bonds. The van der Waals surface area contributed by atoms with Crippen molar-refractivity contribution in [3.63, 3.8) is 0 Å². The Bertz CT molecular complexity index is 3610. The van der Waals surface area contributed by atoms with Crippen LogP contribution in [-0.2, 0) is 0 Å². The van der Waals surface area contributed by atoms with E-state index in [9.17, 15) is 0 Å². The van der Waals surface area contributed by atoms with E-state index in [1.54, 1.807) is 6.20 Å². The second kappa shape index (κ2) is 13.7. The Hall–Kier alpha value is -8.22. The quantitative estimate of drug-likeness (QED) is 0.168. The molecular formula is C54H33N5O. The van der Waals surface area contributed by atoms with E-state index in [-0.39, 0.29) is 0 Å². The molecule has 0 aliphatic carbocycles. The van der Waals surface area contributed by atoms with Gasteiger partial charge in [-0.2, -0.15) is 0 Å². The molecule has 0 atom stereocenters. The number of pyridine rings is 1. The third-order valence-corrected chi connectivity index (χ3v) is 11.5. The van der Waals surface area contributed by atoms with E-state index in [0.717, 1.165) is 66.3 Å². The molecule has 0 aliphatic rings. The molecule has 6 nitrogen and oxygen atoms in total. The molecular weight excluding hydrogens is 735 g/mol. The minimum atomic E-state index is 0.566. The minimum Gasteiger partial charge on any atom is -0.454 e. The van der Waals surface area contributed by atoms with E-state index < -0.39 is 0 Å². The van der Waals surface area contributed by atoms with Crippen molar-refractivity contribution in [3.05, 3.63) is 200 Å². The van der Waals surface area contributed by atoms with Crippen LogP contribution in [0.15, 0.2) is 205 Å². The normalized spacial score (nSPS) is 11.7. The summed E-state index contributed by atoms with van der Waals surface area (Å²) in [5.74, 6) is 1.74. The maximum absolute atomic E-state index is 6.13. The smallest absolute Gasteiger partial charge is 0.164 e. The molecule has 0 unspecified atom stereocenters. The highest BCUT2D eigenvalue weighted by atomic mass is 16.3. The first-order valence-corrected chi connectivity index (χ1v) is 20.0. The Kier molecular flexibility index (Phi) is 7.74. The lowest BCUT2D eigenvalue weighted by Crippen LogP contribution is -2.01. The van der Waals surface area contributed by atoms with Crippen molar-refractivity contribution in [1.82, 2.24) is 24.5 Å². The number of nitrogens with zero attached hydrogens (tertiary/aromatic N) is 5. The van der Waals surface area contributed by atoms with Crippen LogP contribution in [0, 0.1) is 0 Å². The topological polar surface area (TPSA) is 69.6 Å². The van der Waals surface area contributed by atoms with Crippen LogP contribution in [0.4, 0.5) is 0 Å². The van der Waals surface area contributed by atoms with Crippen LogP contribution in [0.25, 0.3) is 117 Å². The zero-order valence-corrected chi connectivity index (χ0v) is 32.2. The summed E-state index contributed by atoms with van der Waals surface area (Å²) in [6, 6.07) is 67.8. The summed E-state index contributed by atoms with van der Waals surface area (Å²) in [5, 5.41) is 5.56. The second-order valence-corrected chi connectivity index (χ2v) is 15.1. The minimum absolute atomic E-state index is 0.566. The largest absolute Gasteiger partial charge is 0.454 e. The van der Waals surface area contributed by atoms with Gasteiger partial charge in [0.15, 0.2) is 23.1 Å². The van der Waals surface area contributed by atoms with Crippen molar-refractivity contribution in [2.24, 2.45) is 0 Å². The third kappa shape index (κ3) is 5.73. The van der Waals surface area contributed by atoms with Crippen molar-refractivity contribution >= 4 is 54.6 Å². The van der Waals surface area contributed by atoms with E-state index >= 15 is 0 Å². The van der Waals surface area contributed by atoms with Gasteiger partial charge in [-0.15, -0.1) is 0 Å². The van der Waals surface area contributed by atoms with E-state index in [2.05, 4.69) is 173 Å². The Morgan fingerprint density at radius 3 is 1.70 bits per heavy atom. The van der Waals surface area contributed by atoms with Gasteiger partial charge in [-0.1, -0.05) is 127 Å². The fourth-order valence-corrected chi connectivity index (χ4v) is 8.54. The lowest BCUT2D eigenvalue weighted by Gasteiger charge is -2.12. The van der Waals surface area contributed by atoms with Gasteiger partial charge in [0.05, 0.1) is 11.0 Å². The molecule has 0 radical (unpaired) electrons. The molecule has 0 N–H and O–H groups in total. The van der Waals surface area contributed by atoms with Crippen molar-refractivity contribution in [1.29, 1.82) is 0 Å². The first-order chi connectivity index (χ1) is 29.7.